The Morgan fingerprint density at radius 2 is 1.92 bits per heavy atom. The molecule has 0 bridgehead atoms. The van der Waals surface area contributed by atoms with E-state index in [1.165, 1.54) is 13.2 Å². The van der Waals surface area contributed by atoms with Crippen molar-refractivity contribution in [1.29, 1.82) is 5.26 Å². The summed E-state index contributed by atoms with van der Waals surface area (Å²) in [6.07, 6.45) is 1.50. The van der Waals surface area contributed by atoms with Gasteiger partial charge in [-0.3, -0.25) is 4.79 Å². The molecule has 0 aliphatic rings. The molecule has 0 saturated heterocycles. The number of nitrogens with zero attached hydrogens (tertiary/aromatic N) is 1. The third-order valence-corrected chi connectivity index (χ3v) is 4.29. The molecule has 128 valence electrons. The van der Waals surface area contributed by atoms with E-state index < -0.39 is 5.91 Å². The highest BCUT2D eigenvalue weighted by Crippen LogP contribution is 2.34. The number of nitriles is 1. The van der Waals surface area contributed by atoms with Crippen molar-refractivity contribution in [1.82, 2.24) is 0 Å². The number of amides is 1. The van der Waals surface area contributed by atoms with Gasteiger partial charge in [0.05, 0.1) is 17.8 Å². The summed E-state index contributed by atoms with van der Waals surface area (Å²) in [4.78, 5) is 12.3. The van der Waals surface area contributed by atoms with Crippen molar-refractivity contribution in [3.63, 3.8) is 0 Å². The van der Waals surface area contributed by atoms with E-state index in [2.05, 4.69) is 27.9 Å². The van der Waals surface area contributed by atoms with Gasteiger partial charge in [0.25, 0.3) is 5.91 Å². The second kappa shape index (κ2) is 8.74. The van der Waals surface area contributed by atoms with Gasteiger partial charge in [-0.25, -0.2) is 0 Å². The molecule has 0 unspecified atom stereocenters. The average molecular weight is 469 g/mol. The Kier molecular flexibility index (Phi) is 6.67. The molecule has 0 aliphatic heterocycles. The molecule has 1 amide bonds. The number of benzene rings is 2. The number of halogens is 2. The smallest absolute Gasteiger partial charge is 0.266 e. The summed E-state index contributed by atoms with van der Waals surface area (Å²) in [7, 11) is 3.08. The van der Waals surface area contributed by atoms with Crippen molar-refractivity contribution in [2.24, 2.45) is 0 Å². The Balaban J connectivity index is 2.30. The van der Waals surface area contributed by atoms with Gasteiger partial charge in [0.1, 0.15) is 11.6 Å². The first kappa shape index (κ1) is 19.1. The summed E-state index contributed by atoms with van der Waals surface area (Å²) >= 11 is 7.92. The first-order valence-electron chi connectivity index (χ1n) is 7.08. The lowest BCUT2D eigenvalue weighted by atomic mass is 10.1. The maximum absolute atomic E-state index is 12.3. The predicted octanol–water partition coefficient (Wildman–Crippen LogP) is 4.51. The molecule has 7 heteroatoms. The Labute approximate surface area is 164 Å². The van der Waals surface area contributed by atoms with Gasteiger partial charge in [0.15, 0.2) is 11.5 Å². The van der Waals surface area contributed by atoms with Crippen LogP contribution in [0.25, 0.3) is 6.08 Å². The number of anilines is 1. The van der Waals surface area contributed by atoms with Crippen LogP contribution >= 0.6 is 34.2 Å². The molecule has 2 aromatic rings. The lowest BCUT2D eigenvalue weighted by Gasteiger charge is -2.11. The lowest BCUT2D eigenvalue weighted by Crippen LogP contribution is -2.13. The van der Waals surface area contributed by atoms with Crippen molar-refractivity contribution in [3.8, 4) is 17.6 Å². The summed E-state index contributed by atoms with van der Waals surface area (Å²) < 4.78 is 11.4. The summed E-state index contributed by atoms with van der Waals surface area (Å²) in [5, 5.41) is 12.5. The van der Waals surface area contributed by atoms with Crippen LogP contribution in [0.15, 0.2) is 42.0 Å². The molecule has 0 fully saturated rings. The standard InChI is InChI=1S/C18H14ClIN2O3/c1-24-16-9-11(8-15(20)17(16)25-2)7-12(10-21)18(23)22-14-5-3-13(19)4-6-14/h3-9H,1-2H3,(H,22,23)/b12-7-. The maximum atomic E-state index is 12.3. The van der Waals surface area contributed by atoms with Gasteiger partial charge in [0.2, 0.25) is 0 Å². The minimum Gasteiger partial charge on any atom is -0.493 e. The summed E-state index contributed by atoms with van der Waals surface area (Å²) in [6.45, 7) is 0. The molecule has 2 rings (SSSR count). The normalized spacial score (nSPS) is 10.8. The minimum atomic E-state index is -0.505. The van der Waals surface area contributed by atoms with E-state index in [9.17, 15) is 10.1 Å². The molecule has 25 heavy (non-hydrogen) atoms. The van der Waals surface area contributed by atoms with Crippen LogP contribution in [0.3, 0.4) is 0 Å². The maximum Gasteiger partial charge on any atom is 0.266 e. The van der Waals surface area contributed by atoms with E-state index in [1.54, 1.807) is 43.5 Å². The Morgan fingerprint density at radius 3 is 2.48 bits per heavy atom. The third-order valence-electron chi connectivity index (χ3n) is 3.23. The van der Waals surface area contributed by atoms with Crippen LogP contribution in [0.1, 0.15) is 5.56 Å². The van der Waals surface area contributed by atoms with Gasteiger partial charge in [-0.15, -0.1) is 0 Å². The second-order valence-electron chi connectivity index (χ2n) is 4.87. The molecule has 0 aliphatic carbocycles. The summed E-state index contributed by atoms with van der Waals surface area (Å²) in [5.41, 5.74) is 1.18. The zero-order valence-electron chi connectivity index (χ0n) is 13.5. The molecule has 0 aromatic heterocycles. The summed E-state index contributed by atoms with van der Waals surface area (Å²) in [5.74, 6) is 0.620. The number of ether oxygens (including phenoxy) is 2. The number of hydrogen-bond donors (Lipinski definition) is 1. The first-order chi connectivity index (χ1) is 12.0. The van der Waals surface area contributed by atoms with Gasteiger partial charge >= 0.3 is 0 Å². The first-order valence-corrected chi connectivity index (χ1v) is 8.54. The lowest BCUT2D eigenvalue weighted by molar-refractivity contribution is -0.112. The fourth-order valence-corrected chi connectivity index (χ4v) is 3.04. The van der Waals surface area contributed by atoms with Gasteiger partial charge in [0, 0.05) is 10.7 Å². The number of nitrogens with one attached hydrogen (secondary N) is 1. The topological polar surface area (TPSA) is 71.3 Å². The number of methoxy groups -OCH3 is 2. The molecular formula is C18H14ClIN2O3. The molecule has 0 heterocycles. The monoisotopic (exact) mass is 468 g/mol. The van der Waals surface area contributed by atoms with Crippen molar-refractivity contribution < 1.29 is 14.3 Å². The van der Waals surface area contributed by atoms with Crippen LogP contribution in [0.4, 0.5) is 5.69 Å². The SMILES string of the molecule is COc1cc(/C=C(/C#N)C(=O)Nc2ccc(Cl)cc2)cc(I)c1OC. The Bertz CT molecular complexity index is 858. The van der Waals surface area contributed by atoms with Gasteiger partial charge < -0.3 is 14.8 Å². The molecule has 1 N–H and O–H groups in total. The summed E-state index contributed by atoms with van der Waals surface area (Å²) in [6, 6.07) is 12.1. The van der Waals surface area contributed by atoms with Crippen molar-refractivity contribution >= 4 is 51.9 Å². The highest BCUT2D eigenvalue weighted by molar-refractivity contribution is 14.1. The average Bonchev–Trinajstić information content (AvgIpc) is 2.60. The second-order valence-corrected chi connectivity index (χ2v) is 6.47. The Hall–Kier alpha value is -2.24. The fraction of sp³-hybridized carbons (Fsp3) is 0.111. The molecule has 2 aromatic carbocycles. The van der Waals surface area contributed by atoms with Gasteiger partial charge in [-0.2, -0.15) is 5.26 Å². The predicted molar refractivity (Wildman–Crippen MR) is 106 cm³/mol. The number of hydrogen-bond acceptors (Lipinski definition) is 4. The zero-order valence-corrected chi connectivity index (χ0v) is 16.4. The van der Waals surface area contributed by atoms with E-state index >= 15 is 0 Å². The van der Waals surface area contributed by atoms with Crippen LogP contribution in [-0.4, -0.2) is 20.1 Å². The molecular weight excluding hydrogens is 455 g/mol. The van der Waals surface area contributed by atoms with Gasteiger partial charge in [-0.1, -0.05) is 11.6 Å². The van der Waals surface area contributed by atoms with E-state index in [0.717, 1.165) is 3.57 Å². The molecule has 0 spiro atoms. The van der Waals surface area contributed by atoms with Crippen molar-refractivity contribution in [2.75, 3.05) is 19.5 Å². The number of carbonyl (C=O) groups is 1. The Morgan fingerprint density at radius 1 is 1.24 bits per heavy atom. The third kappa shape index (κ3) is 4.87. The highest BCUT2D eigenvalue weighted by atomic mass is 127. The van der Waals surface area contributed by atoms with E-state index in [1.807, 2.05) is 6.07 Å². The zero-order chi connectivity index (χ0) is 18.4. The largest absolute Gasteiger partial charge is 0.493 e. The van der Waals surface area contributed by atoms with Crippen LogP contribution in [0.5, 0.6) is 11.5 Å². The van der Waals surface area contributed by atoms with E-state index in [0.29, 0.717) is 27.8 Å². The number of carbonyl (C=O) groups excluding carboxylic acids is 1. The van der Waals surface area contributed by atoms with E-state index in [4.69, 9.17) is 21.1 Å². The van der Waals surface area contributed by atoms with Crippen LogP contribution in [0, 0.1) is 14.9 Å². The molecule has 0 atom stereocenters. The number of rotatable bonds is 5. The van der Waals surface area contributed by atoms with E-state index in [-0.39, 0.29) is 5.57 Å². The minimum absolute atomic E-state index is 0.0297. The van der Waals surface area contributed by atoms with Gasteiger partial charge in [-0.05, 0) is 70.6 Å². The molecule has 0 saturated carbocycles. The fourth-order valence-electron chi connectivity index (χ4n) is 2.07. The van der Waals surface area contributed by atoms with Crippen LogP contribution in [0.2, 0.25) is 5.02 Å². The highest BCUT2D eigenvalue weighted by Gasteiger charge is 2.13. The van der Waals surface area contributed by atoms with Crippen molar-refractivity contribution in [3.05, 3.63) is 56.1 Å². The van der Waals surface area contributed by atoms with Crippen LogP contribution in [-0.2, 0) is 4.79 Å². The molecule has 5 nitrogen and oxygen atoms in total. The molecule has 0 radical (unpaired) electrons. The van der Waals surface area contributed by atoms with Crippen LogP contribution < -0.4 is 14.8 Å². The quantitative estimate of drug-likeness (QED) is 0.398. The van der Waals surface area contributed by atoms with Crippen molar-refractivity contribution in [2.45, 2.75) is 0 Å².